The molecule has 0 radical (unpaired) electrons. The minimum absolute atomic E-state index is 0.419. The Morgan fingerprint density at radius 2 is 1.81 bits per heavy atom. The van der Waals surface area contributed by atoms with E-state index in [-0.39, 0.29) is 0 Å². The van der Waals surface area contributed by atoms with Crippen LogP contribution in [0.15, 0.2) is 72.8 Å². The maximum Gasteiger partial charge on any atom is 0.146 e. The summed E-state index contributed by atoms with van der Waals surface area (Å²) >= 11 is 6.19. The number of ether oxygens (including phenoxy) is 1. The van der Waals surface area contributed by atoms with Gasteiger partial charge in [-0.15, -0.1) is 0 Å². The van der Waals surface area contributed by atoms with Crippen molar-refractivity contribution >= 4 is 22.5 Å². The second-order valence-corrected chi connectivity index (χ2v) is 6.47. The van der Waals surface area contributed by atoms with Gasteiger partial charge in [-0.25, -0.2) is 0 Å². The lowest BCUT2D eigenvalue weighted by Gasteiger charge is -2.07. The molecular weight excluding hydrogens is 344 g/mol. The third-order valence-corrected chi connectivity index (χ3v) is 4.47. The SMILES string of the molecule is N#Cc1ccc(Oc2ccc3[nH]c(Cc4ccccc4)cc3c2)c(Cl)c1. The van der Waals surface area contributed by atoms with Crippen LogP contribution in [0.2, 0.25) is 5.02 Å². The van der Waals surface area contributed by atoms with Crippen LogP contribution >= 0.6 is 11.6 Å². The molecule has 0 aliphatic heterocycles. The summed E-state index contributed by atoms with van der Waals surface area (Å²) in [5.41, 5.74) is 3.99. The zero-order valence-corrected chi connectivity index (χ0v) is 14.6. The molecule has 4 heteroatoms. The third kappa shape index (κ3) is 3.42. The molecule has 0 spiro atoms. The number of hydrogen-bond donors (Lipinski definition) is 1. The van der Waals surface area contributed by atoms with E-state index >= 15 is 0 Å². The van der Waals surface area contributed by atoms with Gasteiger partial charge in [-0.3, -0.25) is 0 Å². The average Bonchev–Trinajstić information content (AvgIpc) is 3.05. The van der Waals surface area contributed by atoms with Crippen LogP contribution < -0.4 is 4.74 Å². The molecule has 0 fully saturated rings. The van der Waals surface area contributed by atoms with Gasteiger partial charge in [0.05, 0.1) is 16.7 Å². The summed E-state index contributed by atoms with van der Waals surface area (Å²) in [6.45, 7) is 0. The summed E-state index contributed by atoms with van der Waals surface area (Å²) in [7, 11) is 0. The van der Waals surface area contributed by atoms with E-state index in [1.165, 1.54) is 5.56 Å². The number of benzene rings is 3. The molecule has 3 nitrogen and oxygen atoms in total. The van der Waals surface area contributed by atoms with E-state index in [0.29, 0.717) is 22.1 Å². The maximum atomic E-state index is 8.92. The van der Waals surface area contributed by atoms with E-state index in [0.717, 1.165) is 23.0 Å². The molecular formula is C22H15ClN2O. The second-order valence-electron chi connectivity index (χ2n) is 6.07. The van der Waals surface area contributed by atoms with Gasteiger partial charge in [0, 0.05) is 23.0 Å². The van der Waals surface area contributed by atoms with E-state index in [9.17, 15) is 0 Å². The molecule has 4 rings (SSSR count). The van der Waals surface area contributed by atoms with Crippen molar-refractivity contribution in [1.29, 1.82) is 5.26 Å². The summed E-state index contributed by atoms with van der Waals surface area (Å²) in [5.74, 6) is 1.24. The highest BCUT2D eigenvalue weighted by atomic mass is 35.5. The zero-order chi connectivity index (χ0) is 17.9. The summed E-state index contributed by atoms with van der Waals surface area (Å²) in [5, 5.41) is 10.4. The molecule has 0 saturated carbocycles. The Balaban J connectivity index is 1.59. The number of nitriles is 1. The van der Waals surface area contributed by atoms with Crippen LogP contribution in [0.25, 0.3) is 10.9 Å². The first kappa shape index (κ1) is 16.3. The van der Waals surface area contributed by atoms with Crippen LogP contribution in [-0.2, 0) is 6.42 Å². The molecule has 0 amide bonds. The quantitative estimate of drug-likeness (QED) is 0.480. The molecule has 1 N–H and O–H groups in total. The standard InChI is InChI=1S/C22H15ClN2O/c23-20-11-16(14-24)6-9-22(20)26-19-7-8-21-17(13-19)12-18(25-21)10-15-4-2-1-3-5-15/h1-9,11-13,25H,10H2. The summed E-state index contributed by atoms with van der Waals surface area (Å²) in [4.78, 5) is 3.44. The monoisotopic (exact) mass is 358 g/mol. The van der Waals surface area contributed by atoms with Crippen LogP contribution in [-0.4, -0.2) is 4.98 Å². The van der Waals surface area contributed by atoms with E-state index in [1.807, 2.05) is 36.4 Å². The van der Waals surface area contributed by atoms with Crippen LogP contribution in [0.5, 0.6) is 11.5 Å². The van der Waals surface area contributed by atoms with Gasteiger partial charge >= 0.3 is 0 Å². The highest BCUT2D eigenvalue weighted by Crippen LogP contribution is 2.32. The zero-order valence-electron chi connectivity index (χ0n) is 13.9. The fourth-order valence-corrected chi connectivity index (χ4v) is 3.14. The van der Waals surface area contributed by atoms with Gasteiger partial charge in [0.1, 0.15) is 11.5 Å². The molecule has 0 bridgehead atoms. The number of nitrogens with zero attached hydrogens (tertiary/aromatic N) is 1. The van der Waals surface area contributed by atoms with Crippen molar-refractivity contribution in [3.63, 3.8) is 0 Å². The average molecular weight is 359 g/mol. The van der Waals surface area contributed by atoms with Gasteiger partial charge in [0.2, 0.25) is 0 Å². The number of halogens is 1. The normalized spacial score (nSPS) is 10.6. The van der Waals surface area contributed by atoms with Crippen LogP contribution in [0, 0.1) is 11.3 Å². The van der Waals surface area contributed by atoms with Gasteiger partial charge in [-0.05, 0) is 48.0 Å². The van der Waals surface area contributed by atoms with Crippen molar-refractivity contribution in [3.8, 4) is 17.6 Å². The molecule has 4 aromatic rings. The van der Waals surface area contributed by atoms with E-state index in [2.05, 4.69) is 29.3 Å². The number of aromatic nitrogens is 1. The van der Waals surface area contributed by atoms with Crippen LogP contribution in [0.1, 0.15) is 16.8 Å². The Morgan fingerprint density at radius 1 is 0.962 bits per heavy atom. The van der Waals surface area contributed by atoms with Crippen molar-refractivity contribution in [1.82, 2.24) is 4.98 Å². The Kier molecular flexibility index (Phi) is 4.35. The van der Waals surface area contributed by atoms with E-state index in [4.69, 9.17) is 21.6 Å². The minimum atomic E-state index is 0.419. The second kappa shape index (κ2) is 6.95. The lowest BCUT2D eigenvalue weighted by molar-refractivity contribution is 0.483. The van der Waals surface area contributed by atoms with Crippen molar-refractivity contribution in [2.24, 2.45) is 0 Å². The number of fused-ring (bicyclic) bond motifs is 1. The molecule has 0 saturated heterocycles. The molecule has 1 heterocycles. The van der Waals surface area contributed by atoms with E-state index in [1.54, 1.807) is 18.2 Å². The molecule has 126 valence electrons. The Labute approximate surface area is 156 Å². The van der Waals surface area contributed by atoms with Gasteiger partial charge in [0.25, 0.3) is 0 Å². The van der Waals surface area contributed by atoms with Gasteiger partial charge in [-0.1, -0.05) is 41.9 Å². The smallest absolute Gasteiger partial charge is 0.146 e. The molecule has 1 aromatic heterocycles. The first-order chi connectivity index (χ1) is 12.7. The van der Waals surface area contributed by atoms with Gasteiger partial charge in [-0.2, -0.15) is 5.26 Å². The number of hydrogen-bond acceptors (Lipinski definition) is 2. The van der Waals surface area contributed by atoms with Crippen LogP contribution in [0.3, 0.4) is 0 Å². The fraction of sp³-hybridized carbons (Fsp3) is 0.0455. The number of nitrogens with one attached hydrogen (secondary N) is 1. The number of aromatic amines is 1. The highest BCUT2D eigenvalue weighted by molar-refractivity contribution is 6.32. The molecule has 26 heavy (non-hydrogen) atoms. The minimum Gasteiger partial charge on any atom is -0.456 e. The predicted octanol–water partition coefficient (Wildman–Crippen LogP) is 6.08. The van der Waals surface area contributed by atoms with Crippen molar-refractivity contribution in [2.75, 3.05) is 0 Å². The van der Waals surface area contributed by atoms with Gasteiger partial charge in [0.15, 0.2) is 0 Å². The number of rotatable bonds is 4. The first-order valence-corrected chi connectivity index (χ1v) is 8.62. The first-order valence-electron chi connectivity index (χ1n) is 8.24. The Morgan fingerprint density at radius 3 is 2.58 bits per heavy atom. The summed E-state index contributed by atoms with van der Waals surface area (Å²) in [6.07, 6.45) is 0.854. The third-order valence-electron chi connectivity index (χ3n) is 4.17. The molecule has 3 aromatic carbocycles. The number of H-pyrrole nitrogens is 1. The van der Waals surface area contributed by atoms with Crippen LogP contribution in [0.4, 0.5) is 0 Å². The largest absolute Gasteiger partial charge is 0.456 e. The lowest BCUT2D eigenvalue weighted by Crippen LogP contribution is -1.86. The fourth-order valence-electron chi connectivity index (χ4n) is 2.93. The molecule has 0 atom stereocenters. The predicted molar refractivity (Wildman–Crippen MR) is 104 cm³/mol. The topological polar surface area (TPSA) is 48.8 Å². The van der Waals surface area contributed by atoms with Crippen molar-refractivity contribution in [3.05, 3.63) is 94.6 Å². The molecule has 0 aliphatic carbocycles. The maximum absolute atomic E-state index is 8.92. The molecule has 0 unspecified atom stereocenters. The van der Waals surface area contributed by atoms with Gasteiger partial charge < -0.3 is 9.72 Å². The summed E-state index contributed by atoms with van der Waals surface area (Å²) in [6, 6.07) is 25.4. The Bertz CT molecular complexity index is 1110. The lowest BCUT2D eigenvalue weighted by atomic mass is 10.1. The highest BCUT2D eigenvalue weighted by Gasteiger charge is 2.07. The Hall–Kier alpha value is -3.22. The van der Waals surface area contributed by atoms with Crippen molar-refractivity contribution in [2.45, 2.75) is 6.42 Å². The molecule has 0 aliphatic rings. The van der Waals surface area contributed by atoms with E-state index < -0.39 is 0 Å². The van der Waals surface area contributed by atoms with Crippen molar-refractivity contribution < 1.29 is 4.74 Å². The summed E-state index contributed by atoms with van der Waals surface area (Å²) < 4.78 is 5.89.